The van der Waals surface area contributed by atoms with Crippen LogP contribution in [0.3, 0.4) is 0 Å². The Morgan fingerprint density at radius 3 is 3.09 bits per heavy atom. The molecule has 0 spiro atoms. The highest BCUT2D eigenvalue weighted by Gasteiger charge is 2.22. The van der Waals surface area contributed by atoms with Crippen molar-refractivity contribution in [2.24, 2.45) is 0 Å². The lowest BCUT2D eigenvalue weighted by molar-refractivity contribution is -0.124. The van der Waals surface area contributed by atoms with Gasteiger partial charge in [0.25, 0.3) is 5.91 Å². The molecule has 0 saturated heterocycles. The molecule has 114 valence electrons. The highest BCUT2D eigenvalue weighted by molar-refractivity contribution is 5.90. The first-order chi connectivity index (χ1) is 10.8. The number of fused-ring (bicyclic) bond motifs is 1. The number of nitrogens with one attached hydrogen (secondary N) is 2. The van der Waals surface area contributed by atoms with Gasteiger partial charge in [-0.25, -0.2) is 5.48 Å². The Kier molecular flexibility index (Phi) is 4.37. The lowest BCUT2D eigenvalue weighted by Gasteiger charge is -2.13. The Labute approximate surface area is 128 Å². The predicted molar refractivity (Wildman–Crippen MR) is 82.0 cm³/mol. The first-order valence-electron chi connectivity index (χ1n) is 7.27. The number of amides is 1. The molecule has 3 rings (SSSR count). The maximum Gasteiger partial charge on any atom is 0.267 e. The van der Waals surface area contributed by atoms with Gasteiger partial charge in [-0.2, -0.15) is 0 Å². The second-order valence-electron chi connectivity index (χ2n) is 5.32. The minimum absolute atomic E-state index is 0.332. The molecule has 1 aliphatic carbocycles. The van der Waals surface area contributed by atoms with E-state index in [2.05, 4.69) is 17.4 Å². The lowest BCUT2D eigenvalue weighted by Crippen LogP contribution is -2.18. The van der Waals surface area contributed by atoms with E-state index in [1.165, 1.54) is 17.2 Å². The van der Waals surface area contributed by atoms with Crippen LogP contribution in [-0.2, 0) is 17.8 Å². The predicted octanol–water partition coefficient (Wildman–Crippen LogP) is 2.58. The molecule has 2 aromatic rings. The van der Waals surface area contributed by atoms with E-state index in [1.54, 1.807) is 17.8 Å². The first-order valence-corrected chi connectivity index (χ1v) is 7.27. The summed E-state index contributed by atoms with van der Waals surface area (Å²) in [7, 11) is 0. The summed E-state index contributed by atoms with van der Waals surface area (Å²) in [5, 5.41) is 12.0. The Balaban J connectivity index is 1.67. The molecule has 5 nitrogen and oxygen atoms in total. The van der Waals surface area contributed by atoms with Gasteiger partial charge in [0, 0.05) is 12.1 Å². The number of carbonyl (C=O) groups excluding carboxylic acids is 1. The monoisotopic (exact) mass is 298 g/mol. The fourth-order valence-corrected chi connectivity index (χ4v) is 2.80. The van der Waals surface area contributed by atoms with Crippen molar-refractivity contribution in [2.45, 2.75) is 25.4 Å². The van der Waals surface area contributed by atoms with Gasteiger partial charge in [-0.3, -0.25) is 10.0 Å². The quantitative estimate of drug-likeness (QED) is 0.450. The van der Waals surface area contributed by atoms with Crippen LogP contribution in [0.2, 0.25) is 0 Å². The van der Waals surface area contributed by atoms with Crippen molar-refractivity contribution >= 4 is 12.0 Å². The fourth-order valence-electron chi connectivity index (χ4n) is 2.80. The van der Waals surface area contributed by atoms with Crippen molar-refractivity contribution in [2.75, 3.05) is 0 Å². The average molecular weight is 298 g/mol. The molecule has 1 aromatic carbocycles. The number of aryl methyl sites for hydroxylation is 1. The number of hydrogen-bond donors (Lipinski definition) is 3. The van der Waals surface area contributed by atoms with E-state index in [9.17, 15) is 4.79 Å². The summed E-state index contributed by atoms with van der Waals surface area (Å²) >= 11 is 0. The third kappa shape index (κ3) is 3.27. The molecule has 1 aliphatic rings. The van der Waals surface area contributed by atoms with Crippen molar-refractivity contribution in [3.05, 3.63) is 65.1 Å². The summed E-state index contributed by atoms with van der Waals surface area (Å²) in [6, 6.07) is 10.3. The van der Waals surface area contributed by atoms with E-state index in [0.717, 1.165) is 30.7 Å². The molecular formula is C17H18N2O3. The number of furan rings is 1. The Bertz CT molecular complexity index is 677. The molecule has 0 radical (unpaired) electrons. The minimum atomic E-state index is -0.529. The van der Waals surface area contributed by atoms with Crippen LogP contribution >= 0.6 is 0 Å². The number of hydroxylamine groups is 1. The van der Waals surface area contributed by atoms with Crippen molar-refractivity contribution in [3.63, 3.8) is 0 Å². The molecule has 1 amide bonds. The van der Waals surface area contributed by atoms with Gasteiger partial charge in [-0.15, -0.1) is 0 Å². The van der Waals surface area contributed by atoms with Gasteiger partial charge in [0.05, 0.1) is 12.8 Å². The molecule has 0 saturated carbocycles. The van der Waals surface area contributed by atoms with E-state index in [1.807, 2.05) is 18.2 Å². The van der Waals surface area contributed by atoms with E-state index < -0.39 is 5.91 Å². The van der Waals surface area contributed by atoms with Gasteiger partial charge < -0.3 is 9.73 Å². The summed E-state index contributed by atoms with van der Waals surface area (Å²) in [6.07, 6.45) is 6.75. The van der Waals surface area contributed by atoms with Gasteiger partial charge in [0.15, 0.2) is 0 Å². The number of hydrogen-bond acceptors (Lipinski definition) is 4. The highest BCUT2D eigenvalue weighted by Crippen LogP contribution is 2.32. The molecule has 1 aromatic heterocycles. The molecule has 3 N–H and O–H groups in total. The summed E-state index contributed by atoms with van der Waals surface area (Å²) in [5.74, 6) is 0.404. The summed E-state index contributed by atoms with van der Waals surface area (Å²) in [6.45, 7) is 0.718. The van der Waals surface area contributed by atoms with Crippen LogP contribution in [0.15, 0.2) is 47.1 Å². The van der Waals surface area contributed by atoms with Gasteiger partial charge >= 0.3 is 0 Å². The normalized spacial score (nSPS) is 16.9. The average Bonchev–Trinajstić information content (AvgIpc) is 3.19. The van der Waals surface area contributed by atoms with E-state index in [-0.39, 0.29) is 0 Å². The van der Waals surface area contributed by atoms with Gasteiger partial charge in [-0.05, 0) is 47.7 Å². The lowest BCUT2D eigenvalue weighted by atomic mass is 10.0. The Morgan fingerprint density at radius 1 is 1.41 bits per heavy atom. The Morgan fingerprint density at radius 2 is 2.32 bits per heavy atom. The third-order valence-corrected chi connectivity index (χ3v) is 3.88. The topological polar surface area (TPSA) is 74.5 Å². The third-order valence-electron chi connectivity index (χ3n) is 3.88. The zero-order chi connectivity index (χ0) is 15.4. The summed E-state index contributed by atoms with van der Waals surface area (Å²) in [5.41, 5.74) is 5.13. The number of carbonyl (C=O) groups is 1. The van der Waals surface area contributed by atoms with Crippen LogP contribution in [0.5, 0.6) is 0 Å². The molecule has 0 fully saturated rings. The standard InChI is InChI=1S/C17H18N2O3/c20-17(19-21)8-4-12-3-6-15-13(10-12)5-7-16(15)18-11-14-2-1-9-22-14/h1-4,6,8-10,16,18,21H,5,7,11H2,(H,19,20). The largest absolute Gasteiger partial charge is 0.468 e. The van der Waals surface area contributed by atoms with Crippen LogP contribution < -0.4 is 10.8 Å². The summed E-state index contributed by atoms with van der Waals surface area (Å²) in [4.78, 5) is 11.0. The second kappa shape index (κ2) is 6.60. The van der Waals surface area contributed by atoms with E-state index >= 15 is 0 Å². The smallest absolute Gasteiger partial charge is 0.267 e. The SMILES string of the molecule is O=C(C=Cc1ccc2c(c1)CCC2NCc1ccco1)NO. The van der Waals surface area contributed by atoms with Gasteiger partial charge in [0.2, 0.25) is 0 Å². The van der Waals surface area contributed by atoms with Crippen molar-refractivity contribution in [1.29, 1.82) is 0 Å². The molecule has 1 unspecified atom stereocenters. The van der Waals surface area contributed by atoms with Crippen molar-refractivity contribution in [3.8, 4) is 0 Å². The molecule has 5 heteroatoms. The van der Waals surface area contributed by atoms with Crippen LogP contribution in [0.1, 0.15) is 34.9 Å². The maximum atomic E-state index is 11.0. The molecule has 0 aliphatic heterocycles. The first kappa shape index (κ1) is 14.6. The zero-order valence-electron chi connectivity index (χ0n) is 12.1. The van der Waals surface area contributed by atoms with Crippen LogP contribution in [0.25, 0.3) is 6.08 Å². The van der Waals surface area contributed by atoms with E-state index in [4.69, 9.17) is 9.62 Å². The van der Waals surface area contributed by atoms with Crippen molar-refractivity contribution in [1.82, 2.24) is 10.8 Å². The minimum Gasteiger partial charge on any atom is -0.468 e. The van der Waals surface area contributed by atoms with Crippen LogP contribution in [-0.4, -0.2) is 11.1 Å². The molecule has 1 heterocycles. The maximum absolute atomic E-state index is 11.0. The Hall–Kier alpha value is -2.37. The second-order valence-corrected chi connectivity index (χ2v) is 5.32. The molecular weight excluding hydrogens is 280 g/mol. The highest BCUT2D eigenvalue weighted by atomic mass is 16.5. The van der Waals surface area contributed by atoms with E-state index in [0.29, 0.717) is 6.04 Å². The van der Waals surface area contributed by atoms with Gasteiger partial charge in [-0.1, -0.05) is 18.2 Å². The summed E-state index contributed by atoms with van der Waals surface area (Å²) < 4.78 is 5.34. The fraction of sp³-hybridized carbons (Fsp3) is 0.235. The van der Waals surface area contributed by atoms with Crippen LogP contribution in [0, 0.1) is 0 Å². The molecule has 1 atom stereocenters. The molecule has 22 heavy (non-hydrogen) atoms. The number of rotatable bonds is 5. The number of benzene rings is 1. The zero-order valence-corrected chi connectivity index (χ0v) is 12.1. The van der Waals surface area contributed by atoms with Gasteiger partial charge in [0.1, 0.15) is 5.76 Å². The van der Waals surface area contributed by atoms with Crippen LogP contribution in [0.4, 0.5) is 0 Å². The molecule has 0 bridgehead atoms. The van der Waals surface area contributed by atoms with Crippen molar-refractivity contribution < 1.29 is 14.4 Å².